The fourth-order valence-electron chi connectivity index (χ4n) is 5.22. The molecule has 0 N–H and O–H groups in total. The summed E-state index contributed by atoms with van der Waals surface area (Å²) in [5.41, 5.74) is 8.97. The van der Waals surface area contributed by atoms with E-state index < -0.39 is 0 Å². The van der Waals surface area contributed by atoms with E-state index in [4.69, 9.17) is 4.42 Å². The van der Waals surface area contributed by atoms with Gasteiger partial charge in [0.15, 0.2) is 0 Å². The SMILES string of the molecule is Cc1cc(-c2cccc3c2oc2ccccc23)cc(-n2c3ccccc3c3ccccc32)c1. The number of nitrogens with zero attached hydrogens (tertiary/aromatic N) is 1. The summed E-state index contributed by atoms with van der Waals surface area (Å²) in [5, 5.41) is 4.86. The largest absolute Gasteiger partial charge is 0.455 e. The van der Waals surface area contributed by atoms with Crippen molar-refractivity contribution in [3.8, 4) is 16.8 Å². The minimum atomic E-state index is 0.926. The Morgan fingerprint density at radius 3 is 1.97 bits per heavy atom. The summed E-state index contributed by atoms with van der Waals surface area (Å²) in [6.07, 6.45) is 0. The van der Waals surface area contributed by atoms with E-state index in [1.54, 1.807) is 0 Å². The van der Waals surface area contributed by atoms with Crippen molar-refractivity contribution in [2.45, 2.75) is 6.92 Å². The zero-order valence-electron chi connectivity index (χ0n) is 18.2. The number of furan rings is 1. The summed E-state index contributed by atoms with van der Waals surface area (Å²) in [6.45, 7) is 2.17. The number of hydrogen-bond acceptors (Lipinski definition) is 1. The first-order chi connectivity index (χ1) is 16.3. The number of aromatic nitrogens is 1. The van der Waals surface area contributed by atoms with Crippen LogP contribution in [-0.4, -0.2) is 4.57 Å². The monoisotopic (exact) mass is 423 g/mol. The predicted molar refractivity (Wildman–Crippen MR) is 138 cm³/mol. The molecule has 7 aromatic rings. The van der Waals surface area contributed by atoms with E-state index in [1.807, 2.05) is 12.1 Å². The van der Waals surface area contributed by atoms with Crippen LogP contribution in [0.25, 0.3) is 60.6 Å². The molecule has 0 saturated heterocycles. The topological polar surface area (TPSA) is 18.1 Å². The van der Waals surface area contributed by atoms with Gasteiger partial charge in [0.1, 0.15) is 11.2 Å². The average molecular weight is 424 g/mol. The van der Waals surface area contributed by atoms with Crippen molar-refractivity contribution in [1.29, 1.82) is 0 Å². The summed E-state index contributed by atoms with van der Waals surface area (Å²) in [7, 11) is 0. The molecule has 2 heterocycles. The fourth-order valence-corrected chi connectivity index (χ4v) is 5.22. The van der Waals surface area contributed by atoms with Gasteiger partial charge in [-0.15, -0.1) is 0 Å². The molecular weight excluding hydrogens is 402 g/mol. The molecule has 0 fully saturated rings. The number of aryl methyl sites for hydroxylation is 1. The molecule has 0 atom stereocenters. The van der Waals surface area contributed by atoms with Gasteiger partial charge in [-0.05, 0) is 48.4 Å². The Bertz CT molecular complexity index is 1780. The molecule has 33 heavy (non-hydrogen) atoms. The first-order valence-corrected chi connectivity index (χ1v) is 11.3. The van der Waals surface area contributed by atoms with E-state index >= 15 is 0 Å². The smallest absolute Gasteiger partial charge is 0.143 e. The number of rotatable bonds is 2. The van der Waals surface area contributed by atoms with Crippen molar-refractivity contribution >= 4 is 43.7 Å². The second kappa shape index (κ2) is 6.85. The van der Waals surface area contributed by atoms with E-state index in [9.17, 15) is 0 Å². The summed E-state index contributed by atoms with van der Waals surface area (Å²) in [4.78, 5) is 0. The summed E-state index contributed by atoms with van der Waals surface area (Å²) in [5.74, 6) is 0. The first-order valence-electron chi connectivity index (χ1n) is 11.3. The molecule has 7 rings (SSSR count). The normalized spacial score (nSPS) is 11.8. The Morgan fingerprint density at radius 1 is 0.576 bits per heavy atom. The Morgan fingerprint density at radius 2 is 1.21 bits per heavy atom. The van der Waals surface area contributed by atoms with Crippen LogP contribution < -0.4 is 0 Å². The summed E-state index contributed by atoms with van der Waals surface area (Å²) < 4.78 is 8.72. The van der Waals surface area contributed by atoms with Gasteiger partial charge < -0.3 is 8.98 Å². The van der Waals surface area contributed by atoms with E-state index in [0.29, 0.717) is 0 Å². The minimum absolute atomic E-state index is 0.926. The highest BCUT2D eigenvalue weighted by Crippen LogP contribution is 2.38. The molecule has 2 aromatic heterocycles. The lowest BCUT2D eigenvalue weighted by Gasteiger charge is -2.12. The standard InChI is InChI=1S/C31H21NO/c1-20-17-21(23-12-8-13-27-26-11-4-7-16-30(26)33-31(23)27)19-22(18-20)32-28-14-5-2-9-24(28)25-10-3-6-15-29(25)32/h2-19H,1H3. The second-order valence-corrected chi connectivity index (χ2v) is 8.71. The Kier molecular flexibility index (Phi) is 3.80. The highest BCUT2D eigenvalue weighted by molar-refractivity contribution is 6.10. The number of hydrogen-bond donors (Lipinski definition) is 0. The molecular formula is C31H21NO. The Labute approximate surface area is 191 Å². The van der Waals surface area contributed by atoms with Crippen LogP contribution in [0.15, 0.2) is 114 Å². The third-order valence-corrected chi connectivity index (χ3v) is 6.62. The van der Waals surface area contributed by atoms with E-state index in [1.165, 1.54) is 27.4 Å². The average Bonchev–Trinajstić information content (AvgIpc) is 3.39. The molecule has 0 aliphatic rings. The van der Waals surface area contributed by atoms with Crippen LogP contribution in [0.3, 0.4) is 0 Å². The number of benzene rings is 5. The molecule has 0 aliphatic heterocycles. The lowest BCUT2D eigenvalue weighted by molar-refractivity contribution is 0.670. The van der Waals surface area contributed by atoms with Gasteiger partial charge in [-0.25, -0.2) is 0 Å². The van der Waals surface area contributed by atoms with Gasteiger partial charge in [0, 0.05) is 32.8 Å². The maximum atomic E-state index is 6.34. The van der Waals surface area contributed by atoms with Gasteiger partial charge in [0.2, 0.25) is 0 Å². The van der Waals surface area contributed by atoms with Crippen LogP contribution in [0.2, 0.25) is 0 Å². The lowest BCUT2D eigenvalue weighted by Crippen LogP contribution is -1.95. The predicted octanol–water partition coefficient (Wildman–Crippen LogP) is 8.66. The van der Waals surface area contributed by atoms with Gasteiger partial charge in [-0.3, -0.25) is 0 Å². The fraction of sp³-hybridized carbons (Fsp3) is 0.0323. The van der Waals surface area contributed by atoms with Gasteiger partial charge in [-0.2, -0.15) is 0 Å². The maximum absolute atomic E-state index is 6.34. The van der Waals surface area contributed by atoms with Crippen LogP contribution in [0, 0.1) is 6.92 Å². The molecule has 0 radical (unpaired) electrons. The van der Waals surface area contributed by atoms with Gasteiger partial charge in [0.25, 0.3) is 0 Å². The zero-order valence-corrected chi connectivity index (χ0v) is 18.2. The first kappa shape index (κ1) is 18.3. The quantitative estimate of drug-likeness (QED) is 0.272. The number of fused-ring (bicyclic) bond motifs is 6. The van der Waals surface area contributed by atoms with Crippen molar-refractivity contribution in [2.75, 3.05) is 0 Å². The van der Waals surface area contributed by atoms with Gasteiger partial charge in [0.05, 0.1) is 11.0 Å². The van der Waals surface area contributed by atoms with Gasteiger partial charge in [-0.1, -0.05) is 78.9 Å². The van der Waals surface area contributed by atoms with Crippen LogP contribution in [0.4, 0.5) is 0 Å². The second-order valence-electron chi connectivity index (χ2n) is 8.71. The highest BCUT2D eigenvalue weighted by atomic mass is 16.3. The third-order valence-electron chi connectivity index (χ3n) is 6.62. The molecule has 0 spiro atoms. The van der Waals surface area contributed by atoms with Crippen molar-refractivity contribution < 1.29 is 4.42 Å². The molecule has 5 aromatic carbocycles. The zero-order chi connectivity index (χ0) is 21.9. The van der Waals surface area contributed by atoms with Crippen molar-refractivity contribution in [1.82, 2.24) is 4.57 Å². The summed E-state index contributed by atoms with van der Waals surface area (Å²) >= 11 is 0. The van der Waals surface area contributed by atoms with Crippen molar-refractivity contribution in [2.24, 2.45) is 0 Å². The van der Waals surface area contributed by atoms with Crippen LogP contribution in [-0.2, 0) is 0 Å². The Hall–Kier alpha value is -4.30. The molecule has 0 amide bonds. The van der Waals surface area contributed by atoms with Gasteiger partial charge >= 0.3 is 0 Å². The molecule has 2 heteroatoms. The summed E-state index contributed by atoms with van der Waals surface area (Å²) in [6, 6.07) is 38.8. The van der Waals surface area contributed by atoms with E-state index in [-0.39, 0.29) is 0 Å². The van der Waals surface area contributed by atoms with E-state index in [0.717, 1.165) is 38.8 Å². The molecule has 156 valence electrons. The molecule has 0 bridgehead atoms. The number of para-hydroxylation sites is 4. The van der Waals surface area contributed by atoms with E-state index in [2.05, 4.69) is 109 Å². The van der Waals surface area contributed by atoms with Crippen LogP contribution in [0.5, 0.6) is 0 Å². The molecule has 2 nitrogen and oxygen atoms in total. The molecule has 0 unspecified atom stereocenters. The molecule has 0 aliphatic carbocycles. The van der Waals surface area contributed by atoms with Crippen LogP contribution >= 0.6 is 0 Å². The maximum Gasteiger partial charge on any atom is 0.143 e. The Balaban J connectivity index is 1.53. The van der Waals surface area contributed by atoms with Crippen LogP contribution in [0.1, 0.15) is 5.56 Å². The highest BCUT2D eigenvalue weighted by Gasteiger charge is 2.15. The van der Waals surface area contributed by atoms with Crippen molar-refractivity contribution in [3.63, 3.8) is 0 Å². The lowest BCUT2D eigenvalue weighted by atomic mass is 10.00. The third kappa shape index (κ3) is 2.68. The minimum Gasteiger partial charge on any atom is -0.455 e. The molecule has 0 saturated carbocycles. The van der Waals surface area contributed by atoms with Crippen molar-refractivity contribution in [3.05, 3.63) is 115 Å².